The number of aliphatic carboxylic acids is 1. The molecule has 1 aliphatic carbocycles. The van der Waals surface area contributed by atoms with Crippen LogP contribution in [0.3, 0.4) is 0 Å². The van der Waals surface area contributed by atoms with E-state index in [0.717, 1.165) is 0 Å². The summed E-state index contributed by atoms with van der Waals surface area (Å²) in [4.78, 5) is 10.5. The lowest BCUT2D eigenvalue weighted by molar-refractivity contribution is -0.136. The molecule has 0 aliphatic heterocycles. The van der Waals surface area contributed by atoms with Gasteiger partial charge in [0.1, 0.15) is 18.2 Å². The minimum Gasteiger partial charge on any atom is -0.491 e. The molecular formula is C20H27FO6S. The number of carbonyl (C=O) groups is 1. The Morgan fingerprint density at radius 3 is 2.64 bits per heavy atom. The molecule has 5 atom stereocenters. The van der Waals surface area contributed by atoms with Gasteiger partial charge in [0.2, 0.25) is 0 Å². The molecule has 0 aromatic heterocycles. The molecule has 8 heteroatoms. The first-order valence-electron chi connectivity index (χ1n) is 9.27. The van der Waals surface area contributed by atoms with Gasteiger partial charge in [-0.15, -0.1) is 0 Å². The molecular weight excluding hydrogens is 387 g/mol. The number of ether oxygens (including phenoxy) is 1. The van der Waals surface area contributed by atoms with E-state index in [2.05, 4.69) is 0 Å². The summed E-state index contributed by atoms with van der Waals surface area (Å²) < 4.78 is 18.3. The summed E-state index contributed by atoms with van der Waals surface area (Å²) in [5, 5.41) is 39.0. The number of carboxylic acid groups (broad SMARTS) is 1. The zero-order valence-electron chi connectivity index (χ0n) is 15.5. The van der Waals surface area contributed by atoms with E-state index >= 15 is 0 Å². The van der Waals surface area contributed by atoms with E-state index < -0.39 is 24.3 Å². The molecule has 0 bridgehead atoms. The van der Waals surface area contributed by atoms with Crippen LogP contribution in [0.2, 0.25) is 0 Å². The van der Waals surface area contributed by atoms with Gasteiger partial charge in [0, 0.05) is 29.8 Å². The Bertz CT molecular complexity index is 638. The Kier molecular flexibility index (Phi) is 9.24. The molecule has 0 radical (unpaired) electrons. The monoisotopic (exact) mass is 414 g/mol. The number of benzene rings is 1. The molecule has 156 valence electrons. The van der Waals surface area contributed by atoms with Crippen molar-refractivity contribution in [2.75, 3.05) is 12.4 Å². The minimum atomic E-state index is -0.855. The van der Waals surface area contributed by atoms with Crippen LogP contribution in [0.5, 0.6) is 5.75 Å². The number of hydrogen-bond donors (Lipinski definition) is 4. The second-order valence-corrected chi connectivity index (χ2v) is 8.10. The third-order valence-corrected chi connectivity index (χ3v) is 6.24. The van der Waals surface area contributed by atoms with Crippen LogP contribution in [0, 0.1) is 11.7 Å². The molecule has 0 amide bonds. The summed E-state index contributed by atoms with van der Waals surface area (Å²) in [5.74, 6) is -0.585. The van der Waals surface area contributed by atoms with E-state index in [4.69, 9.17) is 9.84 Å². The van der Waals surface area contributed by atoms with Gasteiger partial charge in [-0.05, 0) is 37.1 Å². The quantitative estimate of drug-likeness (QED) is 0.411. The molecule has 1 aliphatic rings. The van der Waals surface area contributed by atoms with Gasteiger partial charge in [-0.1, -0.05) is 12.2 Å². The van der Waals surface area contributed by atoms with Crippen LogP contribution in [0.25, 0.3) is 0 Å². The smallest absolute Gasteiger partial charge is 0.303 e. The van der Waals surface area contributed by atoms with Crippen LogP contribution in [0.1, 0.15) is 25.7 Å². The highest BCUT2D eigenvalue weighted by Crippen LogP contribution is 2.38. The first-order valence-corrected chi connectivity index (χ1v) is 10.3. The van der Waals surface area contributed by atoms with E-state index in [1.807, 2.05) is 6.08 Å². The lowest BCUT2D eigenvalue weighted by Crippen LogP contribution is -2.28. The molecule has 0 spiro atoms. The topological polar surface area (TPSA) is 107 Å². The number of halogens is 1. The van der Waals surface area contributed by atoms with Crippen molar-refractivity contribution in [2.24, 2.45) is 5.92 Å². The predicted molar refractivity (Wildman–Crippen MR) is 105 cm³/mol. The van der Waals surface area contributed by atoms with Gasteiger partial charge in [0.25, 0.3) is 0 Å². The minimum absolute atomic E-state index is 0.0454. The molecule has 28 heavy (non-hydrogen) atoms. The van der Waals surface area contributed by atoms with Crippen molar-refractivity contribution in [3.8, 4) is 5.75 Å². The number of rotatable bonds is 11. The molecule has 6 nitrogen and oxygen atoms in total. The highest BCUT2D eigenvalue weighted by atomic mass is 32.2. The maximum absolute atomic E-state index is 12.9. The Hall–Kier alpha value is -1.61. The van der Waals surface area contributed by atoms with Crippen molar-refractivity contribution >= 4 is 17.7 Å². The standard InChI is InChI=1S/C20H27FO6S/c21-13-6-8-15(9-7-13)27-11-14(22)12-28-20-16(17(23)10-18(20)24)4-2-1-3-5-19(25)26/h1-2,6-9,14,16-18,20,22-24H,3-5,10-12H2,(H,25,26). The second-order valence-electron chi connectivity index (χ2n) is 6.89. The first-order chi connectivity index (χ1) is 13.4. The zero-order chi connectivity index (χ0) is 20.5. The maximum atomic E-state index is 12.9. The highest BCUT2D eigenvalue weighted by Gasteiger charge is 2.41. The fraction of sp³-hybridized carbons (Fsp3) is 0.550. The number of allylic oxidation sites excluding steroid dienone is 2. The Balaban J connectivity index is 1.77. The van der Waals surface area contributed by atoms with E-state index in [9.17, 15) is 24.5 Å². The molecule has 1 aromatic rings. The summed E-state index contributed by atoms with van der Waals surface area (Å²) in [7, 11) is 0. The van der Waals surface area contributed by atoms with Crippen molar-refractivity contribution < 1.29 is 34.3 Å². The molecule has 1 saturated carbocycles. The van der Waals surface area contributed by atoms with Gasteiger partial charge in [0.05, 0.1) is 18.3 Å². The largest absolute Gasteiger partial charge is 0.491 e. The number of aliphatic hydroxyl groups excluding tert-OH is 3. The van der Waals surface area contributed by atoms with Gasteiger partial charge < -0.3 is 25.2 Å². The lowest BCUT2D eigenvalue weighted by atomic mass is 10.0. The molecule has 0 heterocycles. The number of hydrogen-bond acceptors (Lipinski definition) is 6. The maximum Gasteiger partial charge on any atom is 0.303 e. The summed E-state index contributed by atoms with van der Waals surface area (Å²) in [5.41, 5.74) is 0. The summed E-state index contributed by atoms with van der Waals surface area (Å²) in [6.07, 6.45) is 2.86. The fourth-order valence-corrected chi connectivity index (χ4v) is 4.57. The first kappa shape index (κ1) is 22.7. The van der Waals surface area contributed by atoms with Crippen molar-refractivity contribution in [2.45, 2.75) is 49.2 Å². The van der Waals surface area contributed by atoms with Crippen molar-refractivity contribution in [3.05, 3.63) is 42.2 Å². The number of carboxylic acids is 1. The Morgan fingerprint density at radius 1 is 1.25 bits per heavy atom. The van der Waals surface area contributed by atoms with Crippen molar-refractivity contribution in [1.82, 2.24) is 0 Å². The van der Waals surface area contributed by atoms with E-state index in [-0.39, 0.29) is 36.4 Å². The third kappa shape index (κ3) is 7.43. The average Bonchev–Trinajstić information content (AvgIpc) is 2.91. The van der Waals surface area contributed by atoms with Gasteiger partial charge in [0.15, 0.2) is 0 Å². The predicted octanol–water partition coefficient (Wildman–Crippen LogP) is 2.22. The van der Waals surface area contributed by atoms with Crippen LogP contribution in [0.15, 0.2) is 36.4 Å². The molecule has 5 unspecified atom stereocenters. The molecule has 4 N–H and O–H groups in total. The Morgan fingerprint density at radius 2 is 1.96 bits per heavy atom. The fourth-order valence-electron chi connectivity index (χ4n) is 3.16. The highest BCUT2D eigenvalue weighted by molar-refractivity contribution is 8.00. The van der Waals surface area contributed by atoms with Crippen LogP contribution in [0.4, 0.5) is 4.39 Å². The third-order valence-electron chi connectivity index (χ3n) is 4.62. The number of thioether (sulfide) groups is 1. The summed E-state index contributed by atoms with van der Waals surface area (Å²) in [6.45, 7) is 0.0454. The van der Waals surface area contributed by atoms with Gasteiger partial charge >= 0.3 is 5.97 Å². The van der Waals surface area contributed by atoms with E-state index in [1.165, 1.54) is 36.0 Å². The molecule has 2 rings (SSSR count). The normalized spacial score (nSPS) is 25.9. The number of aliphatic hydroxyl groups is 3. The van der Waals surface area contributed by atoms with Crippen LogP contribution < -0.4 is 4.74 Å². The molecule has 1 aromatic carbocycles. The average molecular weight is 414 g/mol. The SMILES string of the molecule is O=C(O)CCC=CCC1C(O)CC(O)C1SCC(O)COc1ccc(F)cc1. The van der Waals surface area contributed by atoms with Crippen LogP contribution in [-0.4, -0.2) is 62.3 Å². The van der Waals surface area contributed by atoms with E-state index in [0.29, 0.717) is 24.3 Å². The second kappa shape index (κ2) is 11.4. The summed E-state index contributed by atoms with van der Waals surface area (Å²) >= 11 is 1.39. The van der Waals surface area contributed by atoms with Crippen LogP contribution >= 0.6 is 11.8 Å². The van der Waals surface area contributed by atoms with Crippen LogP contribution in [-0.2, 0) is 4.79 Å². The van der Waals surface area contributed by atoms with Crippen molar-refractivity contribution in [3.63, 3.8) is 0 Å². The van der Waals surface area contributed by atoms with E-state index in [1.54, 1.807) is 6.08 Å². The van der Waals surface area contributed by atoms with Gasteiger partial charge in [-0.2, -0.15) is 11.8 Å². The zero-order valence-corrected chi connectivity index (χ0v) is 16.3. The molecule has 1 fully saturated rings. The van der Waals surface area contributed by atoms with Crippen molar-refractivity contribution in [1.29, 1.82) is 0 Å². The summed E-state index contributed by atoms with van der Waals surface area (Å²) in [6, 6.07) is 5.53. The lowest BCUT2D eigenvalue weighted by Gasteiger charge is -2.23. The van der Waals surface area contributed by atoms with Gasteiger partial charge in [-0.3, -0.25) is 4.79 Å². The van der Waals surface area contributed by atoms with Gasteiger partial charge in [-0.25, -0.2) is 4.39 Å². The Labute approximate surface area is 168 Å². The molecule has 0 saturated heterocycles.